The van der Waals surface area contributed by atoms with Crippen LogP contribution < -0.4 is 5.32 Å². The minimum Gasteiger partial charge on any atom is -0.355 e. The number of carbonyl (C=O) groups excluding carboxylic acids is 2. The highest BCUT2D eigenvalue weighted by Crippen LogP contribution is 2.22. The van der Waals surface area contributed by atoms with E-state index < -0.39 is 0 Å². The fourth-order valence-electron chi connectivity index (χ4n) is 2.34. The molecule has 1 N–H and O–H groups in total. The van der Waals surface area contributed by atoms with Gasteiger partial charge in [-0.2, -0.15) is 0 Å². The third kappa shape index (κ3) is 5.24. The van der Waals surface area contributed by atoms with Crippen LogP contribution in [0.4, 0.5) is 0 Å². The van der Waals surface area contributed by atoms with Crippen LogP contribution >= 0.6 is 11.8 Å². The number of rotatable bonds is 6. The Balaban J connectivity index is 1.84. The third-order valence-electron chi connectivity index (χ3n) is 3.88. The molecule has 24 heavy (non-hydrogen) atoms. The van der Waals surface area contributed by atoms with Gasteiger partial charge in [0.25, 0.3) is 5.91 Å². The highest BCUT2D eigenvalue weighted by Gasteiger charge is 2.12. The molecule has 1 amide bonds. The number of hydrogen-bond donors (Lipinski definition) is 1. The van der Waals surface area contributed by atoms with Gasteiger partial charge in [0.1, 0.15) is 0 Å². The number of aryl methyl sites for hydroxylation is 2. The second-order valence-electron chi connectivity index (χ2n) is 5.90. The van der Waals surface area contributed by atoms with Crippen molar-refractivity contribution in [2.24, 2.45) is 0 Å². The van der Waals surface area contributed by atoms with E-state index in [0.29, 0.717) is 5.56 Å². The number of thioether (sulfide) groups is 1. The molecule has 0 spiro atoms. The molecule has 1 unspecified atom stereocenters. The summed E-state index contributed by atoms with van der Waals surface area (Å²) in [5, 5.41) is 2.98. The molecule has 2 aromatic carbocycles. The Morgan fingerprint density at radius 3 is 2.17 bits per heavy atom. The number of benzene rings is 2. The quantitative estimate of drug-likeness (QED) is 0.854. The van der Waals surface area contributed by atoms with Crippen LogP contribution in [0.5, 0.6) is 0 Å². The molecule has 0 aliphatic carbocycles. The molecule has 4 heteroatoms. The maximum atomic E-state index is 12.2. The first-order chi connectivity index (χ1) is 11.5. The normalized spacial score (nSPS) is 11.8. The van der Waals surface area contributed by atoms with Crippen molar-refractivity contribution in [2.45, 2.75) is 31.9 Å². The van der Waals surface area contributed by atoms with Crippen LogP contribution in [0.1, 0.15) is 45.2 Å². The molecule has 0 bridgehead atoms. The molecule has 0 radical (unpaired) electrons. The molecular weight excluding hydrogens is 318 g/mol. The molecule has 126 valence electrons. The first-order valence-corrected chi connectivity index (χ1v) is 8.96. The Hall–Kier alpha value is -2.07. The third-order valence-corrected chi connectivity index (χ3v) is 4.97. The van der Waals surface area contributed by atoms with Crippen molar-refractivity contribution in [3.8, 4) is 0 Å². The lowest BCUT2D eigenvalue weighted by atomic mass is 10.1. The minimum absolute atomic E-state index is 0.0748. The van der Waals surface area contributed by atoms with Gasteiger partial charge in [0.05, 0.1) is 0 Å². The number of hydrogen-bond acceptors (Lipinski definition) is 3. The molecule has 2 aromatic rings. The van der Waals surface area contributed by atoms with Crippen molar-refractivity contribution in [1.82, 2.24) is 5.32 Å². The molecule has 0 fully saturated rings. The molecule has 0 aliphatic rings. The van der Waals surface area contributed by atoms with Crippen LogP contribution in [-0.4, -0.2) is 23.3 Å². The van der Waals surface area contributed by atoms with Crippen molar-refractivity contribution in [3.05, 3.63) is 70.8 Å². The van der Waals surface area contributed by atoms with Crippen LogP contribution in [0.3, 0.4) is 0 Å². The van der Waals surface area contributed by atoms with E-state index in [4.69, 9.17) is 0 Å². The van der Waals surface area contributed by atoms with Crippen molar-refractivity contribution < 1.29 is 9.59 Å². The molecule has 0 saturated carbocycles. The zero-order valence-corrected chi connectivity index (χ0v) is 15.2. The SMILES string of the molecule is CNC(=O)c1ccc(CCC(C)SC(=O)c2ccc(C)cc2)cc1. The molecule has 1 atom stereocenters. The maximum absolute atomic E-state index is 12.2. The Kier molecular flexibility index (Phi) is 6.62. The fourth-order valence-corrected chi connectivity index (χ4v) is 3.21. The zero-order valence-electron chi connectivity index (χ0n) is 14.3. The van der Waals surface area contributed by atoms with Crippen LogP contribution in [0.2, 0.25) is 0 Å². The summed E-state index contributed by atoms with van der Waals surface area (Å²) in [4.78, 5) is 23.8. The predicted octanol–water partition coefficient (Wildman–Crippen LogP) is 4.25. The van der Waals surface area contributed by atoms with E-state index in [9.17, 15) is 9.59 Å². The smallest absolute Gasteiger partial charge is 0.251 e. The second kappa shape index (κ2) is 8.69. The number of amides is 1. The first-order valence-electron chi connectivity index (χ1n) is 8.08. The summed E-state index contributed by atoms with van der Waals surface area (Å²) in [5.74, 6) is -0.0748. The fraction of sp³-hybridized carbons (Fsp3) is 0.300. The van der Waals surface area contributed by atoms with Gasteiger partial charge in [-0.3, -0.25) is 9.59 Å². The molecule has 2 rings (SSSR count). The highest BCUT2D eigenvalue weighted by atomic mass is 32.2. The van der Waals surface area contributed by atoms with Crippen molar-refractivity contribution in [2.75, 3.05) is 7.05 Å². The molecule has 3 nitrogen and oxygen atoms in total. The first kappa shape index (κ1) is 18.3. The van der Waals surface area contributed by atoms with Gasteiger partial charge < -0.3 is 5.32 Å². The van der Waals surface area contributed by atoms with Crippen molar-refractivity contribution in [3.63, 3.8) is 0 Å². The van der Waals surface area contributed by atoms with E-state index >= 15 is 0 Å². The number of nitrogens with one attached hydrogen (secondary N) is 1. The standard InChI is InChI=1S/C20H23NO2S/c1-14-4-10-18(11-5-14)20(23)24-15(2)6-7-16-8-12-17(13-9-16)19(22)21-3/h4-5,8-13,15H,6-7H2,1-3H3,(H,21,22). The summed E-state index contributed by atoms with van der Waals surface area (Å²) in [6, 6.07) is 15.3. The van der Waals surface area contributed by atoms with Gasteiger partial charge in [-0.05, 0) is 37.5 Å². The second-order valence-corrected chi connectivity index (χ2v) is 7.31. The van der Waals surface area contributed by atoms with Gasteiger partial charge >= 0.3 is 0 Å². The molecule has 0 aliphatic heterocycles. The topological polar surface area (TPSA) is 46.2 Å². The Morgan fingerprint density at radius 1 is 1.00 bits per heavy atom. The summed E-state index contributed by atoms with van der Waals surface area (Å²) in [6.45, 7) is 4.09. The van der Waals surface area contributed by atoms with E-state index in [2.05, 4.69) is 12.2 Å². The molecule has 0 aromatic heterocycles. The average molecular weight is 341 g/mol. The Bertz CT molecular complexity index is 693. The monoisotopic (exact) mass is 341 g/mol. The highest BCUT2D eigenvalue weighted by molar-refractivity contribution is 8.14. The van der Waals surface area contributed by atoms with Crippen LogP contribution in [0, 0.1) is 6.92 Å². The van der Waals surface area contributed by atoms with Gasteiger partial charge in [0, 0.05) is 23.4 Å². The molecule has 0 heterocycles. The van der Waals surface area contributed by atoms with Gasteiger partial charge in [-0.1, -0.05) is 60.6 Å². The van der Waals surface area contributed by atoms with E-state index in [1.807, 2.05) is 55.5 Å². The van der Waals surface area contributed by atoms with Crippen molar-refractivity contribution in [1.29, 1.82) is 0 Å². The van der Waals surface area contributed by atoms with Gasteiger partial charge in [0.15, 0.2) is 0 Å². The van der Waals surface area contributed by atoms with Gasteiger partial charge in [-0.15, -0.1) is 0 Å². The van der Waals surface area contributed by atoms with Crippen LogP contribution in [0.25, 0.3) is 0 Å². The summed E-state index contributed by atoms with van der Waals surface area (Å²) >= 11 is 1.39. The van der Waals surface area contributed by atoms with Crippen molar-refractivity contribution >= 4 is 22.8 Å². The van der Waals surface area contributed by atoms with E-state index in [-0.39, 0.29) is 16.3 Å². The maximum Gasteiger partial charge on any atom is 0.251 e. The van der Waals surface area contributed by atoms with Crippen LogP contribution in [-0.2, 0) is 6.42 Å². The summed E-state index contributed by atoms with van der Waals surface area (Å²) < 4.78 is 0. The van der Waals surface area contributed by atoms with E-state index in [1.165, 1.54) is 17.3 Å². The predicted molar refractivity (Wildman–Crippen MR) is 101 cm³/mol. The van der Waals surface area contributed by atoms with Crippen LogP contribution in [0.15, 0.2) is 48.5 Å². The number of carbonyl (C=O) groups is 2. The Morgan fingerprint density at radius 2 is 1.58 bits per heavy atom. The van der Waals surface area contributed by atoms with Gasteiger partial charge in [-0.25, -0.2) is 0 Å². The lowest BCUT2D eigenvalue weighted by molar-refractivity contribution is 0.0962. The molecule has 0 saturated heterocycles. The van der Waals surface area contributed by atoms with Gasteiger partial charge in [0.2, 0.25) is 5.12 Å². The summed E-state index contributed by atoms with van der Waals surface area (Å²) in [5.41, 5.74) is 3.76. The molecular formula is C20H23NO2S. The largest absolute Gasteiger partial charge is 0.355 e. The lowest BCUT2D eigenvalue weighted by Gasteiger charge is -2.10. The minimum atomic E-state index is -0.0748. The van der Waals surface area contributed by atoms with E-state index in [1.54, 1.807) is 7.05 Å². The summed E-state index contributed by atoms with van der Waals surface area (Å²) in [7, 11) is 1.63. The zero-order chi connectivity index (χ0) is 17.5. The summed E-state index contributed by atoms with van der Waals surface area (Å²) in [6.07, 6.45) is 1.81. The van der Waals surface area contributed by atoms with E-state index in [0.717, 1.165) is 24.0 Å². The average Bonchev–Trinajstić information content (AvgIpc) is 2.60. The Labute approximate surface area is 147 Å². The lowest BCUT2D eigenvalue weighted by Crippen LogP contribution is -2.17.